The topological polar surface area (TPSA) is 17.1 Å². The molecule has 0 unspecified atom stereocenters. The maximum atomic E-state index is 11.0. The van der Waals surface area contributed by atoms with Gasteiger partial charge in [0.25, 0.3) is 0 Å². The number of hydrogen-bond acceptors (Lipinski definition) is 1. The Hall–Kier alpha value is -0.552. The third-order valence-corrected chi connectivity index (χ3v) is 1.97. The summed E-state index contributed by atoms with van der Waals surface area (Å²) < 4.78 is 0. The maximum Gasteiger partial charge on any atom is 2.00 e. The van der Waals surface area contributed by atoms with E-state index in [1.807, 2.05) is 12.1 Å². The van der Waals surface area contributed by atoms with Gasteiger partial charge in [-0.2, -0.15) is 6.07 Å². The predicted octanol–water partition coefficient (Wildman–Crippen LogP) is 2.80. The molecule has 0 aliphatic heterocycles. The van der Waals surface area contributed by atoms with Gasteiger partial charge in [-0.3, -0.25) is 5.56 Å². The van der Waals surface area contributed by atoms with E-state index in [4.69, 9.17) is 0 Å². The van der Waals surface area contributed by atoms with Gasteiger partial charge in [-0.25, -0.2) is 19.1 Å². The molecular weight excluding hydrogens is 344 g/mol. The van der Waals surface area contributed by atoms with Gasteiger partial charge in [-0.05, 0) is 5.41 Å². The Labute approximate surface area is 100 Å². The van der Waals surface area contributed by atoms with Gasteiger partial charge in [0.05, 0.1) is 0 Å². The van der Waals surface area contributed by atoms with Gasteiger partial charge in [0.2, 0.25) is 0 Å². The standard InChI is InChI=1S/C12H14O.W/c1-9(13)10-6-5-7-11(8-10)12(2,3)4;/h5,7-8H,1H2,2-4H3;/q-2;+2. The van der Waals surface area contributed by atoms with Crippen molar-refractivity contribution in [3.63, 3.8) is 0 Å². The molecule has 1 aromatic carbocycles. The van der Waals surface area contributed by atoms with Gasteiger partial charge in [-0.15, -0.1) is 11.6 Å². The molecular formula is C12H14OW. The third-order valence-electron chi connectivity index (χ3n) is 1.97. The van der Waals surface area contributed by atoms with Crippen LogP contribution in [0.5, 0.6) is 0 Å². The number of carbonyl (C=O) groups is 1. The van der Waals surface area contributed by atoms with Gasteiger partial charge in [0.15, 0.2) is 0 Å². The van der Waals surface area contributed by atoms with Crippen LogP contribution in [0, 0.1) is 13.0 Å². The Bertz CT molecular complexity index is 323. The first-order chi connectivity index (χ1) is 5.91. The first-order valence-corrected chi connectivity index (χ1v) is 4.30. The summed E-state index contributed by atoms with van der Waals surface area (Å²) in [4.78, 5) is 11.0. The van der Waals surface area contributed by atoms with Crippen LogP contribution < -0.4 is 0 Å². The average Bonchev–Trinajstić information content (AvgIpc) is 2.03. The summed E-state index contributed by atoms with van der Waals surface area (Å²) in [6.07, 6.45) is 0. The molecule has 0 saturated carbocycles. The summed E-state index contributed by atoms with van der Waals surface area (Å²) in [5.41, 5.74) is 1.77. The molecule has 2 heteroatoms. The molecule has 0 aromatic heterocycles. The SMILES string of the molecule is [CH2-]C(=O)c1[c-]ccc(C(C)(C)C)c1.[W+2]. The summed E-state index contributed by atoms with van der Waals surface area (Å²) >= 11 is 0. The number of Topliss-reactive ketones (excluding diaryl/α,β-unsaturated/α-hetero) is 1. The monoisotopic (exact) mass is 358 g/mol. The smallest absolute Gasteiger partial charge is 0.389 e. The summed E-state index contributed by atoms with van der Waals surface area (Å²) in [5, 5.41) is 0. The largest absolute Gasteiger partial charge is 2.00 e. The molecule has 0 aliphatic rings. The Morgan fingerprint density at radius 1 is 1.43 bits per heavy atom. The minimum Gasteiger partial charge on any atom is -0.389 e. The summed E-state index contributed by atoms with van der Waals surface area (Å²) in [7, 11) is 0. The zero-order chi connectivity index (χ0) is 10.1. The molecule has 1 rings (SSSR count). The van der Waals surface area contributed by atoms with E-state index in [2.05, 4.69) is 33.8 Å². The fourth-order valence-electron chi connectivity index (χ4n) is 1.09. The van der Waals surface area contributed by atoms with Crippen molar-refractivity contribution in [1.82, 2.24) is 0 Å². The van der Waals surface area contributed by atoms with Gasteiger partial charge < -0.3 is 4.79 Å². The van der Waals surface area contributed by atoms with Crippen LogP contribution in [0.15, 0.2) is 18.2 Å². The molecule has 1 nitrogen and oxygen atoms in total. The number of ketones is 1. The van der Waals surface area contributed by atoms with E-state index in [1.165, 1.54) is 0 Å². The normalized spacial score (nSPS) is 10.5. The van der Waals surface area contributed by atoms with Crippen LogP contribution in [0.2, 0.25) is 0 Å². The molecule has 0 radical (unpaired) electrons. The zero-order valence-electron chi connectivity index (χ0n) is 8.76. The molecule has 0 atom stereocenters. The first-order valence-electron chi connectivity index (χ1n) is 4.30. The van der Waals surface area contributed by atoms with E-state index in [0.717, 1.165) is 5.56 Å². The van der Waals surface area contributed by atoms with Crippen molar-refractivity contribution < 1.29 is 25.9 Å². The molecule has 0 saturated heterocycles. The molecule has 74 valence electrons. The van der Waals surface area contributed by atoms with Crippen LogP contribution in [-0.2, 0) is 26.5 Å². The minimum atomic E-state index is -0.175. The molecule has 1 aromatic rings. The van der Waals surface area contributed by atoms with E-state index in [-0.39, 0.29) is 32.3 Å². The summed E-state index contributed by atoms with van der Waals surface area (Å²) in [5.74, 6) is -0.175. The van der Waals surface area contributed by atoms with Crippen molar-refractivity contribution in [2.75, 3.05) is 0 Å². The Kier molecular flexibility index (Phi) is 4.60. The Morgan fingerprint density at radius 2 is 2.00 bits per heavy atom. The molecule has 0 amide bonds. The van der Waals surface area contributed by atoms with Crippen molar-refractivity contribution in [3.8, 4) is 0 Å². The molecule has 0 spiro atoms. The van der Waals surface area contributed by atoms with Crippen molar-refractivity contribution in [3.05, 3.63) is 42.3 Å². The summed E-state index contributed by atoms with van der Waals surface area (Å²) in [6.45, 7) is 9.69. The quantitative estimate of drug-likeness (QED) is 0.558. The molecule has 0 bridgehead atoms. The van der Waals surface area contributed by atoms with Crippen molar-refractivity contribution in [2.45, 2.75) is 26.2 Å². The zero-order valence-corrected chi connectivity index (χ0v) is 11.7. The van der Waals surface area contributed by atoms with Crippen molar-refractivity contribution in [2.24, 2.45) is 0 Å². The predicted molar refractivity (Wildman–Crippen MR) is 53.7 cm³/mol. The van der Waals surface area contributed by atoms with Crippen LogP contribution in [-0.4, -0.2) is 5.78 Å². The van der Waals surface area contributed by atoms with Crippen LogP contribution in [0.4, 0.5) is 0 Å². The van der Waals surface area contributed by atoms with E-state index >= 15 is 0 Å². The second-order valence-electron chi connectivity index (χ2n) is 4.16. The van der Waals surface area contributed by atoms with E-state index in [9.17, 15) is 4.79 Å². The minimum absolute atomic E-state index is 0. The molecule has 14 heavy (non-hydrogen) atoms. The fourth-order valence-corrected chi connectivity index (χ4v) is 1.09. The fraction of sp³-hybridized carbons (Fsp3) is 0.333. The van der Waals surface area contributed by atoms with Crippen LogP contribution in [0.1, 0.15) is 36.7 Å². The van der Waals surface area contributed by atoms with Gasteiger partial charge in [0, 0.05) is 0 Å². The van der Waals surface area contributed by atoms with E-state index < -0.39 is 0 Å². The van der Waals surface area contributed by atoms with E-state index in [1.54, 1.807) is 6.07 Å². The van der Waals surface area contributed by atoms with Crippen molar-refractivity contribution in [1.29, 1.82) is 0 Å². The Morgan fingerprint density at radius 3 is 2.43 bits per heavy atom. The average molecular weight is 358 g/mol. The number of carbonyl (C=O) groups excluding carboxylic acids is 1. The maximum absolute atomic E-state index is 11.0. The van der Waals surface area contributed by atoms with Gasteiger partial charge in [-0.1, -0.05) is 26.6 Å². The van der Waals surface area contributed by atoms with Crippen LogP contribution in [0.25, 0.3) is 0 Å². The van der Waals surface area contributed by atoms with Crippen LogP contribution >= 0.6 is 0 Å². The number of rotatable bonds is 1. The second kappa shape index (κ2) is 4.79. The van der Waals surface area contributed by atoms with Gasteiger partial charge in [0.1, 0.15) is 0 Å². The number of hydrogen-bond donors (Lipinski definition) is 0. The first kappa shape index (κ1) is 13.4. The van der Waals surface area contributed by atoms with Crippen LogP contribution in [0.3, 0.4) is 0 Å². The molecule has 0 heterocycles. The molecule has 0 fully saturated rings. The van der Waals surface area contributed by atoms with Crippen molar-refractivity contribution >= 4 is 5.78 Å². The Balaban J connectivity index is 0.00000169. The van der Waals surface area contributed by atoms with E-state index in [0.29, 0.717) is 5.56 Å². The van der Waals surface area contributed by atoms with Gasteiger partial charge >= 0.3 is 21.1 Å². The molecule has 0 N–H and O–H groups in total. The third kappa shape index (κ3) is 3.30. The molecule has 0 aliphatic carbocycles. The number of benzene rings is 1. The second-order valence-corrected chi connectivity index (χ2v) is 4.16. The summed E-state index contributed by atoms with van der Waals surface area (Å²) in [6, 6.07) is 8.48.